The molecule has 1 heterocycles. The molecule has 2 aromatic carbocycles. The van der Waals surface area contributed by atoms with Crippen molar-refractivity contribution in [1.29, 1.82) is 0 Å². The highest BCUT2D eigenvalue weighted by Crippen LogP contribution is 2.40. The third-order valence-corrected chi connectivity index (χ3v) is 4.01. The molecule has 0 aliphatic heterocycles. The van der Waals surface area contributed by atoms with Gasteiger partial charge < -0.3 is 14.2 Å². The molecule has 0 fully saturated rings. The van der Waals surface area contributed by atoms with Gasteiger partial charge in [0.2, 0.25) is 11.6 Å². The molecule has 1 aromatic heterocycles. The number of rotatable bonds is 6. The summed E-state index contributed by atoms with van der Waals surface area (Å²) in [4.78, 5) is 1.49. The smallest absolute Gasteiger partial charge is 0.205 e. The van der Waals surface area contributed by atoms with E-state index >= 15 is 0 Å². The van der Waals surface area contributed by atoms with Crippen molar-refractivity contribution < 1.29 is 14.2 Å². The molecule has 0 bridgehead atoms. The van der Waals surface area contributed by atoms with E-state index in [0.29, 0.717) is 40.2 Å². The van der Waals surface area contributed by atoms with Crippen LogP contribution in [0.1, 0.15) is 5.56 Å². The number of hydrogen-bond acceptors (Lipinski definition) is 6. The van der Waals surface area contributed by atoms with E-state index < -0.39 is 0 Å². The summed E-state index contributed by atoms with van der Waals surface area (Å²) < 4.78 is 16.0. The lowest BCUT2D eigenvalue weighted by atomic mass is 10.1. The molecule has 0 saturated heterocycles. The molecule has 3 rings (SSSR count). The number of hydrogen-bond donors (Lipinski definition) is 0. The highest BCUT2D eigenvalue weighted by Gasteiger charge is 2.16. The topological polar surface area (TPSA) is 71.3 Å². The van der Waals surface area contributed by atoms with Crippen LogP contribution in [-0.2, 0) is 6.54 Å². The third kappa shape index (κ3) is 3.51. The molecule has 0 amide bonds. The van der Waals surface area contributed by atoms with Crippen LogP contribution < -0.4 is 14.2 Å². The van der Waals surface area contributed by atoms with Gasteiger partial charge >= 0.3 is 0 Å². The van der Waals surface area contributed by atoms with Crippen molar-refractivity contribution in [3.8, 4) is 28.6 Å². The van der Waals surface area contributed by atoms with E-state index in [1.54, 1.807) is 33.5 Å². The molecule has 0 atom stereocenters. The first kappa shape index (κ1) is 17.0. The zero-order chi connectivity index (χ0) is 17.8. The van der Waals surface area contributed by atoms with E-state index in [1.807, 2.05) is 24.3 Å². The van der Waals surface area contributed by atoms with Crippen molar-refractivity contribution in [2.75, 3.05) is 21.3 Å². The van der Waals surface area contributed by atoms with Gasteiger partial charge in [0.05, 0.1) is 27.9 Å². The second-order valence-corrected chi connectivity index (χ2v) is 5.56. The van der Waals surface area contributed by atoms with Crippen LogP contribution in [0.3, 0.4) is 0 Å². The summed E-state index contributed by atoms with van der Waals surface area (Å²) in [6.45, 7) is 0.428. The second kappa shape index (κ2) is 7.40. The Morgan fingerprint density at radius 2 is 1.68 bits per heavy atom. The minimum atomic E-state index is 0.428. The number of tetrazole rings is 1. The van der Waals surface area contributed by atoms with Crippen LogP contribution in [0.15, 0.2) is 36.4 Å². The fourth-order valence-corrected chi connectivity index (χ4v) is 2.61. The first-order valence-electron chi connectivity index (χ1n) is 7.48. The fraction of sp³-hybridized carbons (Fsp3) is 0.235. The molecular weight excluding hydrogens is 344 g/mol. The lowest BCUT2D eigenvalue weighted by Crippen LogP contribution is -2.04. The Balaban J connectivity index is 1.93. The van der Waals surface area contributed by atoms with Crippen molar-refractivity contribution in [3.05, 3.63) is 47.0 Å². The number of ether oxygens (including phenoxy) is 3. The Bertz CT molecular complexity index is 857. The average molecular weight is 361 g/mol. The molecule has 0 spiro atoms. The second-order valence-electron chi connectivity index (χ2n) is 5.15. The molecular formula is C17H17ClN4O3. The van der Waals surface area contributed by atoms with Crippen molar-refractivity contribution in [1.82, 2.24) is 20.2 Å². The summed E-state index contributed by atoms with van der Waals surface area (Å²) in [5.41, 5.74) is 1.62. The molecule has 0 saturated carbocycles. The van der Waals surface area contributed by atoms with Gasteiger partial charge in [0.25, 0.3) is 0 Å². The molecule has 0 N–H and O–H groups in total. The van der Waals surface area contributed by atoms with Gasteiger partial charge in [-0.15, -0.1) is 10.2 Å². The number of aromatic nitrogens is 4. The van der Waals surface area contributed by atoms with Crippen molar-refractivity contribution in [2.24, 2.45) is 0 Å². The SMILES string of the molecule is COc1cc(-c2nnn(Cc3ccccc3Cl)n2)cc(OC)c1OC. The van der Waals surface area contributed by atoms with Gasteiger partial charge in [-0.3, -0.25) is 0 Å². The van der Waals surface area contributed by atoms with Gasteiger partial charge in [0, 0.05) is 10.6 Å². The van der Waals surface area contributed by atoms with Crippen LogP contribution in [0, 0.1) is 0 Å². The maximum Gasteiger partial charge on any atom is 0.205 e. The van der Waals surface area contributed by atoms with Crippen molar-refractivity contribution in [3.63, 3.8) is 0 Å². The molecule has 130 valence electrons. The van der Waals surface area contributed by atoms with Crippen LogP contribution >= 0.6 is 11.6 Å². The molecule has 3 aromatic rings. The van der Waals surface area contributed by atoms with Gasteiger partial charge in [-0.25, -0.2) is 0 Å². The monoisotopic (exact) mass is 360 g/mol. The lowest BCUT2D eigenvalue weighted by Gasteiger charge is -2.12. The normalized spacial score (nSPS) is 10.6. The van der Waals surface area contributed by atoms with Crippen molar-refractivity contribution >= 4 is 11.6 Å². The highest BCUT2D eigenvalue weighted by atomic mass is 35.5. The van der Waals surface area contributed by atoms with Crippen LogP contribution in [0.5, 0.6) is 17.2 Å². The molecule has 7 nitrogen and oxygen atoms in total. The Morgan fingerprint density at radius 3 is 2.28 bits per heavy atom. The van der Waals surface area contributed by atoms with E-state index in [9.17, 15) is 0 Å². The molecule has 25 heavy (non-hydrogen) atoms. The van der Waals surface area contributed by atoms with E-state index in [2.05, 4.69) is 15.4 Å². The lowest BCUT2D eigenvalue weighted by molar-refractivity contribution is 0.324. The number of benzene rings is 2. The zero-order valence-corrected chi connectivity index (χ0v) is 14.8. The molecule has 0 radical (unpaired) electrons. The van der Waals surface area contributed by atoms with Crippen LogP contribution in [0.4, 0.5) is 0 Å². The molecule has 0 aliphatic carbocycles. The largest absolute Gasteiger partial charge is 0.493 e. The van der Waals surface area contributed by atoms with Crippen LogP contribution in [0.25, 0.3) is 11.4 Å². The van der Waals surface area contributed by atoms with E-state index in [-0.39, 0.29) is 0 Å². The van der Waals surface area contributed by atoms with Gasteiger partial charge in [-0.05, 0) is 29.0 Å². The minimum Gasteiger partial charge on any atom is -0.493 e. The average Bonchev–Trinajstić information content (AvgIpc) is 3.11. The predicted octanol–water partition coefficient (Wildman–Crippen LogP) is 3.07. The summed E-state index contributed by atoms with van der Waals surface area (Å²) in [6, 6.07) is 11.1. The Kier molecular flexibility index (Phi) is 5.04. The Labute approximate surface area is 150 Å². The maximum absolute atomic E-state index is 6.17. The predicted molar refractivity (Wildman–Crippen MR) is 93.5 cm³/mol. The highest BCUT2D eigenvalue weighted by molar-refractivity contribution is 6.31. The third-order valence-electron chi connectivity index (χ3n) is 3.65. The zero-order valence-electron chi connectivity index (χ0n) is 14.1. The summed E-state index contributed by atoms with van der Waals surface area (Å²) in [5.74, 6) is 2.02. The maximum atomic E-state index is 6.17. The fourth-order valence-electron chi connectivity index (χ4n) is 2.41. The van der Waals surface area contributed by atoms with E-state index in [4.69, 9.17) is 25.8 Å². The van der Waals surface area contributed by atoms with Gasteiger partial charge in [-0.2, -0.15) is 4.80 Å². The first-order chi connectivity index (χ1) is 12.2. The summed E-state index contributed by atoms with van der Waals surface area (Å²) in [5, 5.41) is 13.3. The number of nitrogens with zero attached hydrogens (tertiary/aromatic N) is 4. The van der Waals surface area contributed by atoms with Crippen LogP contribution in [0.2, 0.25) is 5.02 Å². The first-order valence-corrected chi connectivity index (χ1v) is 7.85. The number of methoxy groups -OCH3 is 3. The summed E-state index contributed by atoms with van der Waals surface area (Å²) in [6.07, 6.45) is 0. The minimum absolute atomic E-state index is 0.428. The molecule has 0 aliphatic rings. The van der Waals surface area contributed by atoms with Gasteiger partial charge in [0.15, 0.2) is 11.5 Å². The van der Waals surface area contributed by atoms with E-state index in [0.717, 1.165) is 5.56 Å². The van der Waals surface area contributed by atoms with Gasteiger partial charge in [-0.1, -0.05) is 29.8 Å². The van der Waals surface area contributed by atoms with Crippen LogP contribution in [-0.4, -0.2) is 41.5 Å². The Hall–Kier alpha value is -2.80. The molecule has 8 heteroatoms. The summed E-state index contributed by atoms with van der Waals surface area (Å²) >= 11 is 6.17. The number of halogens is 1. The van der Waals surface area contributed by atoms with Crippen molar-refractivity contribution in [2.45, 2.75) is 6.54 Å². The van der Waals surface area contributed by atoms with E-state index in [1.165, 1.54) is 4.80 Å². The molecule has 0 unspecified atom stereocenters. The summed E-state index contributed by atoms with van der Waals surface area (Å²) in [7, 11) is 4.67. The Morgan fingerprint density at radius 1 is 1.00 bits per heavy atom. The van der Waals surface area contributed by atoms with Gasteiger partial charge in [0.1, 0.15) is 0 Å². The standard InChI is InChI=1S/C17H17ClN4O3/c1-23-14-8-12(9-15(24-2)16(14)25-3)17-19-21-22(20-17)10-11-6-4-5-7-13(11)18/h4-9H,10H2,1-3H3. The quantitative estimate of drug-likeness (QED) is 0.672.